The van der Waals surface area contributed by atoms with Crippen molar-refractivity contribution in [1.29, 1.82) is 0 Å². The topological polar surface area (TPSA) is 77.5 Å². The molecule has 2 aromatic carbocycles. The van der Waals surface area contributed by atoms with E-state index >= 15 is 0 Å². The van der Waals surface area contributed by atoms with Crippen molar-refractivity contribution in [3.8, 4) is 28.0 Å². The third-order valence-corrected chi connectivity index (χ3v) is 7.43. The van der Waals surface area contributed by atoms with Gasteiger partial charge in [-0.15, -0.1) is 13.2 Å². The van der Waals surface area contributed by atoms with E-state index in [4.69, 9.17) is 4.52 Å². The molecule has 6 nitrogen and oxygen atoms in total. The fourth-order valence-corrected chi connectivity index (χ4v) is 5.57. The maximum atomic E-state index is 13.4. The second kappa shape index (κ2) is 8.39. The van der Waals surface area contributed by atoms with Crippen molar-refractivity contribution in [3.63, 3.8) is 0 Å². The zero-order valence-corrected chi connectivity index (χ0v) is 20.3. The predicted octanol–water partition coefficient (Wildman–Crippen LogP) is 7.54. The van der Waals surface area contributed by atoms with Crippen LogP contribution in [-0.4, -0.2) is 27.2 Å². The largest absolute Gasteiger partial charge is 0.573 e. The maximum Gasteiger partial charge on any atom is 0.573 e. The Labute approximate surface area is 210 Å². The van der Waals surface area contributed by atoms with Crippen molar-refractivity contribution in [2.75, 3.05) is 0 Å². The van der Waals surface area contributed by atoms with E-state index < -0.39 is 18.1 Å². The quantitative estimate of drug-likeness (QED) is 0.278. The molecule has 9 heteroatoms. The molecule has 0 radical (unpaired) electrons. The number of hydrogen-bond acceptors (Lipinski definition) is 4. The van der Waals surface area contributed by atoms with Crippen LogP contribution in [0.1, 0.15) is 53.5 Å². The minimum absolute atomic E-state index is 0.187. The molecule has 0 aliphatic heterocycles. The van der Waals surface area contributed by atoms with Crippen molar-refractivity contribution < 1.29 is 32.3 Å². The molecule has 0 atom stereocenters. The van der Waals surface area contributed by atoms with Gasteiger partial charge in [0.25, 0.3) is 0 Å². The lowest BCUT2D eigenvalue weighted by Gasteiger charge is -2.19. The number of nitrogens with zero attached hydrogens (tertiary/aromatic N) is 2. The van der Waals surface area contributed by atoms with Crippen molar-refractivity contribution in [2.45, 2.75) is 51.9 Å². The van der Waals surface area contributed by atoms with Crippen LogP contribution in [0.15, 0.2) is 47.1 Å². The molecule has 2 aliphatic carbocycles. The van der Waals surface area contributed by atoms with E-state index in [2.05, 4.69) is 14.5 Å². The number of rotatable bonds is 7. The van der Waals surface area contributed by atoms with Crippen LogP contribution in [-0.2, 0) is 0 Å². The van der Waals surface area contributed by atoms with E-state index in [1.807, 2.05) is 38.2 Å². The van der Waals surface area contributed by atoms with E-state index in [-0.39, 0.29) is 17.2 Å². The summed E-state index contributed by atoms with van der Waals surface area (Å²) >= 11 is 0. The first kappa shape index (κ1) is 23.6. The summed E-state index contributed by atoms with van der Waals surface area (Å²) in [4.78, 5) is 11.5. The van der Waals surface area contributed by atoms with Gasteiger partial charge in [0.1, 0.15) is 11.5 Å². The molecule has 0 saturated heterocycles. The van der Waals surface area contributed by atoms with Crippen LogP contribution in [0.3, 0.4) is 0 Å². The average molecular weight is 511 g/mol. The van der Waals surface area contributed by atoms with Crippen LogP contribution < -0.4 is 4.74 Å². The molecule has 2 aliphatic rings. The van der Waals surface area contributed by atoms with Gasteiger partial charge >= 0.3 is 12.3 Å². The molecule has 4 aromatic rings. The minimum Gasteiger partial charge on any atom is -0.478 e. The Morgan fingerprint density at radius 2 is 1.78 bits per heavy atom. The second-order valence-electron chi connectivity index (χ2n) is 10.1. The van der Waals surface area contributed by atoms with Gasteiger partial charge in [-0.1, -0.05) is 11.2 Å². The number of halogens is 3. The first-order chi connectivity index (χ1) is 17.6. The highest BCUT2D eigenvalue weighted by Crippen LogP contribution is 2.54. The zero-order chi connectivity index (χ0) is 26.1. The average Bonchev–Trinajstić information content (AvgIpc) is 3.76. The molecule has 2 aromatic heterocycles. The number of carboxylic acid groups (broad SMARTS) is 1. The van der Waals surface area contributed by atoms with E-state index in [0.29, 0.717) is 23.2 Å². The molecule has 0 spiro atoms. The van der Waals surface area contributed by atoms with E-state index in [1.54, 1.807) is 0 Å². The summed E-state index contributed by atoms with van der Waals surface area (Å²) in [7, 11) is 0. The number of aromatic carboxylic acids is 1. The number of hydrogen-bond donors (Lipinski definition) is 1. The molecule has 37 heavy (non-hydrogen) atoms. The zero-order valence-electron chi connectivity index (χ0n) is 20.3. The Morgan fingerprint density at radius 1 is 1.08 bits per heavy atom. The third-order valence-electron chi connectivity index (χ3n) is 7.43. The van der Waals surface area contributed by atoms with E-state index in [9.17, 15) is 23.1 Å². The van der Waals surface area contributed by atoms with Crippen molar-refractivity contribution in [3.05, 3.63) is 59.6 Å². The Hall–Kier alpha value is -3.75. The Kier molecular flexibility index (Phi) is 5.36. The first-order valence-electron chi connectivity index (χ1n) is 12.3. The van der Waals surface area contributed by atoms with Gasteiger partial charge < -0.3 is 18.9 Å². The molecule has 0 unspecified atom stereocenters. The van der Waals surface area contributed by atoms with Crippen LogP contribution in [0.2, 0.25) is 0 Å². The minimum atomic E-state index is -4.98. The number of alkyl halides is 3. The maximum absolute atomic E-state index is 13.4. The van der Waals surface area contributed by atoms with Crippen molar-refractivity contribution in [1.82, 2.24) is 9.72 Å². The van der Waals surface area contributed by atoms with Crippen LogP contribution in [0.4, 0.5) is 13.2 Å². The van der Waals surface area contributed by atoms with Gasteiger partial charge in [-0.25, -0.2) is 4.79 Å². The number of aromatic nitrogens is 2. The number of carboxylic acids is 1. The van der Waals surface area contributed by atoms with Gasteiger partial charge in [0.05, 0.1) is 11.3 Å². The summed E-state index contributed by atoms with van der Waals surface area (Å²) in [6, 6.07) is 9.88. The Morgan fingerprint density at radius 3 is 2.35 bits per heavy atom. The van der Waals surface area contributed by atoms with E-state index in [0.717, 1.165) is 59.5 Å². The standard InChI is InChI=1S/C28H25F3N2O4/c1-14-25(15(2)37-32-14)18-8-10-23-21(11-18)22(13-33(23)26(16-3-4-16)17-5-6-17)20-9-7-19(27(34)35)12-24(20)36-28(29,30)31/h7-13,16-17,26H,3-6H2,1-2H3,(H,34,35). The Balaban J connectivity index is 1.60. The summed E-state index contributed by atoms with van der Waals surface area (Å²) in [5.41, 5.74) is 3.80. The molecular formula is C28H25F3N2O4. The lowest BCUT2D eigenvalue weighted by Crippen LogP contribution is -2.18. The molecule has 6 rings (SSSR count). The number of ether oxygens (including phenoxy) is 1. The monoisotopic (exact) mass is 510 g/mol. The highest BCUT2D eigenvalue weighted by atomic mass is 19.4. The lowest BCUT2D eigenvalue weighted by atomic mass is 9.98. The van der Waals surface area contributed by atoms with Gasteiger partial charge in [-0.3, -0.25) is 0 Å². The summed E-state index contributed by atoms with van der Waals surface area (Å²) in [6.07, 6.45) is 1.51. The summed E-state index contributed by atoms with van der Waals surface area (Å²) in [6.45, 7) is 3.67. The SMILES string of the molecule is Cc1noc(C)c1-c1ccc2c(c1)c(-c1ccc(C(=O)O)cc1OC(F)(F)F)cn2C(C1CC1)C1CC1. The van der Waals surface area contributed by atoms with Gasteiger partial charge in [-0.05, 0) is 87.3 Å². The van der Waals surface area contributed by atoms with Crippen molar-refractivity contribution >= 4 is 16.9 Å². The van der Waals surface area contributed by atoms with E-state index in [1.165, 1.54) is 12.1 Å². The molecule has 0 bridgehead atoms. The molecule has 0 amide bonds. The van der Waals surface area contributed by atoms with Gasteiger partial charge in [0.15, 0.2) is 0 Å². The highest BCUT2D eigenvalue weighted by molar-refractivity contribution is 6.01. The highest BCUT2D eigenvalue weighted by Gasteiger charge is 2.43. The summed E-state index contributed by atoms with van der Waals surface area (Å²) in [5, 5.41) is 14.2. The van der Waals surface area contributed by atoms with Crippen LogP contribution in [0, 0.1) is 25.7 Å². The molecule has 1 N–H and O–H groups in total. The normalized spacial score (nSPS) is 16.1. The third kappa shape index (κ3) is 4.36. The molecule has 2 fully saturated rings. The second-order valence-corrected chi connectivity index (χ2v) is 10.1. The number of carbonyl (C=O) groups is 1. The van der Waals surface area contributed by atoms with Crippen molar-refractivity contribution in [2.24, 2.45) is 11.8 Å². The molecule has 2 saturated carbocycles. The number of fused-ring (bicyclic) bond motifs is 1. The summed E-state index contributed by atoms with van der Waals surface area (Å²) < 4.78 is 52.1. The van der Waals surface area contributed by atoms with Crippen LogP contribution in [0.5, 0.6) is 5.75 Å². The summed E-state index contributed by atoms with van der Waals surface area (Å²) in [5.74, 6) is -0.108. The fraction of sp³-hybridized carbons (Fsp3) is 0.357. The first-order valence-corrected chi connectivity index (χ1v) is 12.3. The smallest absolute Gasteiger partial charge is 0.478 e. The van der Waals surface area contributed by atoms with Crippen LogP contribution in [0.25, 0.3) is 33.2 Å². The molecule has 2 heterocycles. The lowest BCUT2D eigenvalue weighted by molar-refractivity contribution is -0.274. The fourth-order valence-electron chi connectivity index (χ4n) is 5.57. The predicted molar refractivity (Wildman–Crippen MR) is 130 cm³/mol. The van der Waals surface area contributed by atoms with Crippen LogP contribution >= 0.6 is 0 Å². The van der Waals surface area contributed by atoms with Gasteiger partial charge in [0.2, 0.25) is 0 Å². The number of benzene rings is 2. The number of aryl methyl sites for hydroxylation is 2. The molecule has 192 valence electrons. The Bertz CT molecular complexity index is 1490. The van der Waals surface area contributed by atoms with Gasteiger partial charge in [-0.2, -0.15) is 0 Å². The molecular weight excluding hydrogens is 485 g/mol. The van der Waals surface area contributed by atoms with Gasteiger partial charge in [0, 0.05) is 39.8 Å².